The van der Waals surface area contributed by atoms with Gasteiger partial charge in [-0.1, -0.05) is 25.6 Å². The first-order chi connectivity index (χ1) is 7.59. The van der Waals surface area contributed by atoms with Crippen LogP contribution in [0.25, 0.3) is 0 Å². The minimum Gasteiger partial charge on any atom is -0.381 e. The van der Waals surface area contributed by atoms with Gasteiger partial charge in [-0.2, -0.15) is 0 Å². The Balaban J connectivity index is 1.92. The highest BCUT2D eigenvalue weighted by atomic mass is 32.2. The van der Waals surface area contributed by atoms with Crippen LogP contribution in [0.5, 0.6) is 0 Å². The van der Waals surface area contributed by atoms with E-state index in [4.69, 9.17) is 9.73 Å². The maximum Gasteiger partial charge on any atom is 0.157 e. The third-order valence-electron chi connectivity index (χ3n) is 3.45. The Morgan fingerprint density at radius 3 is 2.69 bits per heavy atom. The van der Waals surface area contributed by atoms with E-state index in [1.807, 2.05) is 11.8 Å². The van der Waals surface area contributed by atoms with Gasteiger partial charge in [-0.3, -0.25) is 4.99 Å². The van der Waals surface area contributed by atoms with Crippen LogP contribution in [0.1, 0.15) is 33.6 Å². The van der Waals surface area contributed by atoms with E-state index in [2.05, 4.69) is 26.1 Å². The lowest BCUT2D eigenvalue weighted by atomic mass is 9.93. The van der Waals surface area contributed by atoms with Gasteiger partial charge in [-0.15, -0.1) is 0 Å². The molecule has 0 spiro atoms. The summed E-state index contributed by atoms with van der Waals surface area (Å²) in [5.41, 5.74) is 0.190. The minimum atomic E-state index is 0.190. The molecule has 92 valence electrons. The van der Waals surface area contributed by atoms with Gasteiger partial charge in [0.15, 0.2) is 5.17 Å². The number of aliphatic imine (C=N–C) groups is 1. The summed E-state index contributed by atoms with van der Waals surface area (Å²) >= 11 is 1.87. The Morgan fingerprint density at radius 2 is 2.12 bits per heavy atom. The van der Waals surface area contributed by atoms with Crippen molar-refractivity contribution in [1.29, 1.82) is 0 Å². The summed E-state index contributed by atoms with van der Waals surface area (Å²) in [4.78, 5) is 4.75. The predicted octanol–water partition coefficient (Wildman–Crippen LogP) is 2.27. The molecule has 0 aromatic carbocycles. The van der Waals surface area contributed by atoms with Gasteiger partial charge in [0, 0.05) is 24.5 Å². The SMILES string of the molecule is CC(C)[C@H]1CSC(NC2(C)CCOCC2)=N1. The van der Waals surface area contributed by atoms with Crippen molar-refractivity contribution in [2.24, 2.45) is 10.9 Å². The average molecular weight is 242 g/mol. The predicted molar refractivity (Wildman–Crippen MR) is 70.1 cm³/mol. The Bertz CT molecular complexity index is 272. The molecule has 0 aromatic rings. The van der Waals surface area contributed by atoms with Crippen LogP contribution in [0.4, 0.5) is 0 Å². The first-order valence-electron chi connectivity index (χ1n) is 6.16. The van der Waals surface area contributed by atoms with Gasteiger partial charge in [-0.05, 0) is 25.7 Å². The summed E-state index contributed by atoms with van der Waals surface area (Å²) in [5, 5.41) is 4.75. The molecule has 1 atom stereocenters. The Kier molecular flexibility index (Phi) is 3.80. The van der Waals surface area contributed by atoms with Crippen LogP contribution < -0.4 is 5.32 Å². The first kappa shape index (κ1) is 12.2. The van der Waals surface area contributed by atoms with Crippen LogP contribution in [-0.4, -0.2) is 35.7 Å². The number of hydrogen-bond donors (Lipinski definition) is 1. The molecule has 0 amide bonds. The molecule has 2 aliphatic rings. The van der Waals surface area contributed by atoms with Gasteiger partial charge in [0.2, 0.25) is 0 Å². The molecule has 0 bridgehead atoms. The van der Waals surface area contributed by atoms with E-state index in [1.54, 1.807) is 0 Å². The van der Waals surface area contributed by atoms with E-state index in [-0.39, 0.29) is 5.54 Å². The molecule has 0 aliphatic carbocycles. The van der Waals surface area contributed by atoms with Crippen LogP contribution in [0.3, 0.4) is 0 Å². The van der Waals surface area contributed by atoms with Gasteiger partial charge < -0.3 is 10.1 Å². The van der Waals surface area contributed by atoms with Crippen molar-refractivity contribution >= 4 is 16.9 Å². The number of nitrogens with one attached hydrogen (secondary N) is 1. The number of thioether (sulfide) groups is 1. The number of ether oxygens (including phenoxy) is 1. The molecular weight excluding hydrogens is 220 g/mol. The molecule has 0 aromatic heterocycles. The Labute approximate surface area is 102 Å². The molecule has 2 heterocycles. The monoisotopic (exact) mass is 242 g/mol. The highest BCUT2D eigenvalue weighted by Crippen LogP contribution is 2.26. The zero-order valence-electron chi connectivity index (χ0n) is 10.5. The standard InChI is InChI=1S/C12H22N2OS/c1-9(2)10-8-16-11(13-10)14-12(3)4-6-15-7-5-12/h9-10H,4-8H2,1-3H3,(H,13,14)/t10-/m1/s1. The fourth-order valence-electron chi connectivity index (χ4n) is 2.00. The van der Waals surface area contributed by atoms with Crippen molar-refractivity contribution in [1.82, 2.24) is 5.32 Å². The lowest BCUT2D eigenvalue weighted by Crippen LogP contribution is -2.48. The fourth-order valence-corrected chi connectivity index (χ4v) is 3.32. The van der Waals surface area contributed by atoms with E-state index >= 15 is 0 Å². The molecule has 16 heavy (non-hydrogen) atoms. The summed E-state index contributed by atoms with van der Waals surface area (Å²) in [6, 6.07) is 0.496. The third-order valence-corrected chi connectivity index (χ3v) is 4.44. The average Bonchev–Trinajstić information content (AvgIpc) is 2.66. The van der Waals surface area contributed by atoms with Crippen molar-refractivity contribution in [2.45, 2.75) is 45.2 Å². The van der Waals surface area contributed by atoms with E-state index < -0.39 is 0 Å². The summed E-state index contributed by atoms with van der Waals surface area (Å²) in [7, 11) is 0. The normalized spacial score (nSPS) is 29.2. The van der Waals surface area contributed by atoms with Crippen LogP contribution in [-0.2, 0) is 4.74 Å². The molecule has 2 aliphatic heterocycles. The Hall–Kier alpha value is -0.220. The number of amidine groups is 1. The number of nitrogens with zero attached hydrogens (tertiary/aromatic N) is 1. The number of hydrogen-bond acceptors (Lipinski definition) is 4. The van der Waals surface area contributed by atoms with Crippen molar-refractivity contribution < 1.29 is 4.74 Å². The fraction of sp³-hybridized carbons (Fsp3) is 0.917. The molecule has 0 saturated carbocycles. The molecule has 0 radical (unpaired) electrons. The summed E-state index contributed by atoms with van der Waals surface area (Å²) < 4.78 is 5.40. The Morgan fingerprint density at radius 1 is 1.44 bits per heavy atom. The second-order valence-electron chi connectivity index (χ2n) is 5.35. The lowest BCUT2D eigenvalue weighted by molar-refractivity contribution is 0.0527. The summed E-state index contributed by atoms with van der Waals surface area (Å²) in [5.74, 6) is 1.78. The zero-order valence-corrected chi connectivity index (χ0v) is 11.3. The van der Waals surface area contributed by atoms with Gasteiger partial charge in [0.05, 0.1) is 6.04 Å². The third kappa shape index (κ3) is 2.92. The first-order valence-corrected chi connectivity index (χ1v) is 7.14. The van der Waals surface area contributed by atoms with Crippen LogP contribution in [0, 0.1) is 5.92 Å². The van der Waals surface area contributed by atoms with Crippen molar-refractivity contribution in [3.05, 3.63) is 0 Å². The van der Waals surface area contributed by atoms with Crippen molar-refractivity contribution in [2.75, 3.05) is 19.0 Å². The molecule has 3 nitrogen and oxygen atoms in total. The van der Waals surface area contributed by atoms with Gasteiger partial charge in [-0.25, -0.2) is 0 Å². The van der Waals surface area contributed by atoms with E-state index in [9.17, 15) is 0 Å². The zero-order chi connectivity index (χ0) is 11.6. The van der Waals surface area contributed by atoms with E-state index in [1.165, 1.54) is 0 Å². The summed E-state index contributed by atoms with van der Waals surface area (Å²) in [6.45, 7) is 8.51. The van der Waals surface area contributed by atoms with Crippen LogP contribution in [0.2, 0.25) is 0 Å². The topological polar surface area (TPSA) is 33.6 Å². The number of rotatable bonds is 2. The smallest absolute Gasteiger partial charge is 0.157 e. The largest absolute Gasteiger partial charge is 0.381 e. The van der Waals surface area contributed by atoms with Crippen molar-refractivity contribution in [3.8, 4) is 0 Å². The van der Waals surface area contributed by atoms with E-state index in [0.29, 0.717) is 12.0 Å². The maximum absolute atomic E-state index is 5.40. The van der Waals surface area contributed by atoms with E-state index in [0.717, 1.165) is 37.0 Å². The van der Waals surface area contributed by atoms with Gasteiger partial charge in [0.25, 0.3) is 0 Å². The summed E-state index contributed by atoms with van der Waals surface area (Å²) in [6.07, 6.45) is 2.16. The quantitative estimate of drug-likeness (QED) is 0.806. The maximum atomic E-state index is 5.40. The molecule has 1 saturated heterocycles. The molecule has 0 unspecified atom stereocenters. The van der Waals surface area contributed by atoms with Gasteiger partial charge >= 0.3 is 0 Å². The lowest BCUT2D eigenvalue weighted by Gasteiger charge is -2.35. The molecule has 1 fully saturated rings. The second-order valence-corrected chi connectivity index (χ2v) is 6.36. The second kappa shape index (κ2) is 4.96. The van der Waals surface area contributed by atoms with Crippen LogP contribution >= 0.6 is 11.8 Å². The highest BCUT2D eigenvalue weighted by molar-refractivity contribution is 8.14. The highest BCUT2D eigenvalue weighted by Gasteiger charge is 2.30. The van der Waals surface area contributed by atoms with Crippen LogP contribution in [0.15, 0.2) is 4.99 Å². The molecule has 2 rings (SSSR count). The van der Waals surface area contributed by atoms with Gasteiger partial charge in [0.1, 0.15) is 0 Å². The minimum absolute atomic E-state index is 0.190. The molecular formula is C12H22N2OS. The molecule has 1 N–H and O–H groups in total. The molecule has 4 heteroatoms. The van der Waals surface area contributed by atoms with Crippen molar-refractivity contribution in [3.63, 3.8) is 0 Å².